The maximum absolute atomic E-state index is 10.6. The summed E-state index contributed by atoms with van der Waals surface area (Å²) in [5, 5.41) is 8.69. The van der Waals surface area contributed by atoms with Crippen LogP contribution in [0.1, 0.15) is 0 Å². The van der Waals surface area contributed by atoms with Crippen molar-refractivity contribution in [3.05, 3.63) is 42.7 Å². The lowest BCUT2D eigenvalue weighted by molar-refractivity contribution is -0.139. The maximum Gasteiger partial charge on any atom is 0.341 e. The van der Waals surface area contributed by atoms with Gasteiger partial charge in [0.2, 0.25) is 0 Å². The van der Waals surface area contributed by atoms with Gasteiger partial charge in [0.1, 0.15) is 17.1 Å². The molecule has 0 aliphatic carbocycles. The van der Waals surface area contributed by atoms with E-state index in [1.54, 1.807) is 24.5 Å². The fourth-order valence-corrected chi connectivity index (χ4v) is 1.91. The number of pyridine rings is 1. The number of imidazole rings is 1. The number of para-hydroxylation sites is 1. The van der Waals surface area contributed by atoms with E-state index in [1.165, 1.54) is 0 Å². The number of benzene rings is 1. The van der Waals surface area contributed by atoms with Crippen molar-refractivity contribution in [2.24, 2.45) is 0 Å². The molecule has 0 saturated heterocycles. The normalized spacial score (nSPS) is 10.6. The van der Waals surface area contributed by atoms with Crippen molar-refractivity contribution in [2.75, 3.05) is 6.61 Å². The minimum atomic E-state index is -1.02. The fourth-order valence-electron chi connectivity index (χ4n) is 1.91. The van der Waals surface area contributed by atoms with Gasteiger partial charge in [0.05, 0.1) is 17.3 Å². The molecule has 0 aliphatic heterocycles. The molecular weight excluding hydrogens is 258 g/mol. The zero-order valence-electron chi connectivity index (χ0n) is 10.4. The number of nitrogens with zero attached hydrogens (tertiary/aromatic N) is 2. The van der Waals surface area contributed by atoms with E-state index in [4.69, 9.17) is 9.84 Å². The first kappa shape index (κ1) is 12.2. The van der Waals surface area contributed by atoms with Crippen LogP contribution in [0.25, 0.3) is 22.4 Å². The van der Waals surface area contributed by atoms with Crippen molar-refractivity contribution in [2.45, 2.75) is 0 Å². The molecule has 6 heteroatoms. The van der Waals surface area contributed by atoms with E-state index in [0.717, 1.165) is 11.0 Å². The summed E-state index contributed by atoms with van der Waals surface area (Å²) in [5.41, 5.74) is 2.32. The first-order chi connectivity index (χ1) is 9.74. The van der Waals surface area contributed by atoms with Crippen LogP contribution in [0.3, 0.4) is 0 Å². The quantitative estimate of drug-likeness (QED) is 0.757. The monoisotopic (exact) mass is 269 g/mol. The van der Waals surface area contributed by atoms with Crippen molar-refractivity contribution in [3.63, 3.8) is 0 Å². The van der Waals surface area contributed by atoms with Crippen LogP contribution >= 0.6 is 0 Å². The molecule has 1 aromatic carbocycles. The third-order valence-corrected chi connectivity index (χ3v) is 2.78. The third kappa shape index (κ3) is 2.31. The molecule has 100 valence electrons. The predicted molar refractivity (Wildman–Crippen MR) is 72.5 cm³/mol. The number of carboxylic acid groups (broad SMARTS) is 1. The molecular formula is C14H11N3O3. The molecule has 0 saturated carbocycles. The van der Waals surface area contributed by atoms with E-state index in [2.05, 4.69) is 15.0 Å². The summed E-state index contributed by atoms with van der Waals surface area (Å²) in [7, 11) is 0. The Balaban J connectivity index is 2.02. The molecule has 0 amide bonds. The summed E-state index contributed by atoms with van der Waals surface area (Å²) in [6.07, 6.45) is 3.34. The Labute approximate surface area is 114 Å². The standard InChI is InChI=1S/C14H11N3O3/c18-13(19)8-20-12-4-2-1-3-9(12)14-16-10-5-6-15-7-11(10)17-14/h1-7H,8H2,(H,16,17)(H,18,19). The molecule has 0 fully saturated rings. The minimum absolute atomic E-state index is 0.390. The molecule has 0 bridgehead atoms. The zero-order valence-corrected chi connectivity index (χ0v) is 10.4. The highest BCUT2D eigenvalue weighted by Gasteiger charge is 2.11. The van der Waals surface area contributed by atoms with Crippen molar-refractivity contribution in [1.82, 2.24) is 15.0 Å². The number of nitrogens with one attached hydrogen (secondary N) is 1. The number of carboxylic acids is 1. The highest BCUT2D eigenvalue weighted by Crippen LogP contribution is 2.28. The molecule has 0 unspecified atom stereocenters. The van der Waals surface area contributed by atoms with Gasteiger partial charge in [0, 0.05) is 6.20 Å². The van der Waals surface area contributed by atoms with E-state index >= 15 is 0 Å². The van der Waals surface area contributed by atoms with Crippen LogP contribution in [0.2, 0.25) is 0 Å². The maximum atomic E-state index is 10.6. The second kappa shape index (κ2) is 5.00. The molecule has 3 aromatic rings. The van der Waals surface area contributed by atoms with E-state index in [9.17, 15) is 4.79 Å². The van der Waals surface area contributed by atoms with Gasteiger partial charge in [-0.25, -0.2) is 9.78 Å². The first-order valence-electron chi connectivity index (χ1n) is 5.98. The van der Waals surface area contributed by atoms with Crippen LogP contribution in [0, 0.1) is 0 Å². The number of carbonyl (C=O) groups is 1. The van der Waals surface area contributed by atoms with Crippen LogP contribution in [0.5, 0.6) is 5.75 Å². The van der Waals surface area contributed by atoms with Crippen LogP contribution in [-0.4, -0.2) is 32.6 Å². The van der Waals surface area contributed by atoms with Crippen molar-refractivity contribution < 1.29 is 14.6 Å². The molecule has 2 N–H and O–H groups in total. The molecule has 0 spiro atoms. The Morgan fingerprint density at radius 1 is 1.30 bits per heavy atom. The molecule has 6 nitrogen and oxygen atoms in total. The number of aromatic amines is 1. The number of aliphatic carboxylic acids is 1. The highest BCUT2D eigenvalue weighted by atomic mass is 16.5. The first-order valence-corrected chi connectivity index (χ1v) is 5.98. The SMILES string of the molecule is O=C(O)COc1ccccc1-c1nc2cnccc2[nH]1. The van der Waals surface area contributed by atoms with Gasteiger partial charge in [0.25, 0.3) is 0 Å². The number of hydrogen-bond acceptors (Lipinski definition) is 4. The van der Waals surface area contributed by atoms with E-state index in [1.807, 2.05) is 18.2 Å². The molecule has 3 rings (SSSR count). The van der Waals surface area contributed by atoms with Crippen molar-refractivity contribution >= 4 is 17.0 Å². The largest absolute Gasteiger partial charge is 0.481 e. The summed E-state index contributed by atoms with van der Waals surface area (Å²) in [5.74, 6) is 0.0736. The summed E-state index contributed by atoms with van der Waals surface area (Å²) in [6, 6.07) is 8.98. The van der Waals surface area contributed by atoms with Gasteiger partial charge in [-0.1, -0.05) is 12.1 Å². The Morgan fingerprint density at radius 3 is 2.95 bits per heavy atom. The van der Waals surface area contributed by atoms with E-state index in [-0.39, 0.29) is 0 Å². The van der Waals surface area contributed by atoms with Crippen LogP contribution in [0.4, 0.5) is 0 Å². The van der Waals surface area contributed by atoms with E-state index in [0.29, 0.717) is 17.1 Å². The Kier molecular flexibility index (Phi) is 3.04. The van der Waals surface area contributed by atoms with Gasteiger partial charge in [-0.3, -0.25) is 4.98 Å². The molecule has 0 radical (unpaired) electrons. The predicted octanol–water partition coefficient (Wildman–Crippen LogP) is 2.09. The number of fused-ring (bicyclic) bond motifs is 1. The van der Waals surface area contributed by atoms with Crippen LogP contribution in [0.15, 0.2) is 42.7 Å². The Hall–Kier alpha value is -2.89. The van der Waals surface area contributed by atoms with Crippen LogP contribution < -0.4 is 4.74 Å². The second-order valence-electron chi connectivity index (χ2n) is 4.16. The lowest BCUT2D eigenvalue weighted by Gasteiger charge is -2.07. The number of ether oxygens (including phenoxy) is 1. The van der Waals surface area contributed by atoms with Gasteiger partial charge in [-0.15, -0.1) is 0 Å². The van der Waals surface area contributed by atoms with E-state index < -0.39 is 12.6 Å². The van der Waals surface area contributed by atoms with Gasteiger partial charge in [-0.05, 0) is 18.2 Å². The minimum Gasteiger partial charge on any atom is -0.481 e. The summed E-state index contributed by atoms with van der Waals surface area (Å²) in [6.45, 7) is -0.390. The average molecular weight is 269 g/mol. The Bertz CT molecular complexity index is 734. The molecule has 20 heavy (non-hydrogen) atoms. The van der Waals surface area contributed by atoms with Crippen LogP contribution in [-0.2, 0) is 4.79 Å². The molecule has 0 atom stereocenters. The average Bonchev–Trinajstić information content (AvgIpc) is 2.89. The van der Waals surface area contributed by atoms with Crippen molar-refractivity contribution in [1.29, 1.82) is 0 Å². The third-order valence-electron chi connectivity index (χ3n) is 2.78. The lowest BCUT2D eigenvalue weighted by Crippen LogP contribution is -2.10. The number of H-pyrrole nitrogens is 1. The van der Waals surface area contributed by atoms with Gasteiger partial charge >= 0.3 is 5.97 Å². The number of rotatable bonds is 4. The van der Waals surface area contributed by atoms with Crippen molar-refractivity contribution in [3.8, 4) is 17.1 Å². The number of aromatic nitrogens is 3. The zero-order chi connectivity index (χ0) is 13.9. The lowest BCUT2D eigenvalue weighted by atomic mass is 10.2. The van der Waals surface area contributed by atoms with Gasteiger partial charge in [0.15, 0.2) is 6.61 Å². The van der Waals surface area contributed by atoms with Gasteiger partial charge in [-0.2, -0.15) is 0 Å². The topological polar surface area (TPSA) is 88.1 Å². The molecule has 2 heterocycles. The number of hydrogen-bond donors (Lipinski definition) is 2. The molecule has 0 aliphatic rings. The summed E-state index contributed by atoms with van der Waals surface area (Å²) >= 11 is 0. The highest BCUT2D eigenvalue weighted by molar-refractivity contribution is 5.80. The molecule has 2 aromatic heterocycles. The Morgan fingerprint density at radius 2 is 2.15 bits per heavy atom. The van der Waals surface area contributed by atoms with Gasteiger partial charge < -0.3 is 14.8 Å². The summed E-state index contributed by atoms with van der Waals surface area (Å²) in [4.78, 5) is 22.2. The fraction of sp³-hybridized carbons (Fsp3) is 0.0714. The second-order valence-corrected chi connectivity index (χ2v) is 4.16. The smallest absolute Gasteiger partial charge is 0.341 e. The summed E-state index contributed by atoms with van der Waals surface area (Å²) < 4.78 is 5.27.